The Kier molecular flexibility index (Phi) is 2.91. The third-order valence-corrected chi connectivity index (χ3v) is 7.10. The Morgan fingerprint density at radius 1 is 1.23 bits per heavy atom. The number of aliphatic hydroxyl groups is 1. The summed E-state index contributed by atoms with van der Waals surface area (Å²) in [5.41, 5.74) is 1.69. The smallest absolute Gasteiger partial charge is 0.130 e. The number of hydrogen-bond donors (Lipinski definition) is 2. The first-order valence-electron chi connectivity index (χ1n) is 8.50. The highest BCUT2D eigenvalue weighted by Gasteiger charge is 2.61. The molecule has 4 rings (SSSR count). The van der Waals surface area contributed by atoms with Gasteiger partial charge in [-0.3, -0.25) is 0 Å². The van der Waals surface area contributed by atoms with Crippen LogP contribution in [0.4, 0.5) is 0 Å². The molecular weight excluding hydrogens is 272 g/mol. The average molecular weight is 296 g/mol. The predicted molar refractivity (Wildman–Crippen MR) is 86.5 cm³/mol. The summed E-state index contributed by atoms with van der Waals surface area (Å²) in [4.78, 5) is 0. The van der Waals surface area contributed by atoms with Crippen LogP contribution in [0.5, 0.6) is 5.75 Å². The van der Waals surface area contributed by atoms with E-state index < -0.39 is 5.60 Å². The van der Waals surface area contributed by atoms with Crippen LogP contribution in [0.15, 0.2) is 18.2 Å². The predicted octanol–water partition coefficient (Wildman–Crippen LogP) is 3.61. The molecule has 2 fully saturated rings. The minimum atomic E-state index is -0.919. The molecule has 116 valence electrons. The number of aryl methyl sites for hydroxylation is 1. The van der Waals surface area contributed by atoms with Gasteiger partial charge in [0.15, 0.2) is 0 Å². The number of phenols is 1. The van der Waals surface area contributed by atoms with Crippen LogP contribution in [0.3, 0.4) is 0 Å². The van der Waals surface area contributed by atoms with Crippen LogP contribution in [0.25, 0.3) is 0 Å². The van der Waals surface area contributed by atoms with Crippen molar-refractivity contribution in [1.82, 2.24) is 0 Å². The van der Waals surface area contributed by atoms with Gasteiger partial charge >= 0.3 is 0 Å². The van der Waals surface area contributed by atoms with E-state index in [1.54, 1.807) is 0 Å². The van der Waals surface area contributed by atoms with E-state index in [9.17, 15) is 10.2 Å². The summed E-state index contributed by atoms with van der Waals surface area (Å²) in [7, 11) is 0. The van der Waals surface area contributed by atoms with Gasteiger partial charge in [-0.05, 0) is 79.5 Å². The molecule has 22 heavy (non-hydrogen) atoms. The van der Waals surface area contributed by atoms with Crippen LogP contribution in [0, 0.1) is 29.6 Å². The molecule has 3 aliphatic rings. The van der Waals surface area contributed by atoms with Crippen molar-refractivity contribution < 1.29 is 10.2 Å². The Balaban J connectivity index is 1.72. The SMILES string of the molecule is C#C[C@]1(O)CC[C@H]2[C@@H]3CCc4cc(O)ccc4[C@H]3CC[C@]21C. The lowest BCUT2D eigenvalue weighted by molar-refractivity contribution is -0.0646. The second-order valence-electron chi connectivity index (χ2n) is 7.80. The van der Waals surface area contributed by atoms with Crippen molar-refractivity contribution in [2.75, 3.05) is 0 Å². The maximum atomic E-state index is 10.9. The Morgan fingerprint density at radius 3 is 2.82 bits per heavy atom. The zero-order valence-corrected chi connectivity index (χ0v) is 13.2. The second kappa shape index (κ2) is 4.52. The quantitative estimate of drug-likeness (QED) is 0.718. The largest absolute Gasteiger partial charge is 0.508 e. The molecule has 1 aromatic carbocycles. The molecule has 0 saturated heterocycles. The molecule has 3 aliphatic carbocycles. The van der Waals surface area contributed by atoms with E-state index in [2.05, 4.69) is 18.9 Å². The van der Waals surface area contributed by atoms with Crippen molar-refractivity contribution in [2.45, 2.75) is 57.0 Å². The summed E-state index contributed by atoms with van der Waals surface area (Å²) in [6, 6.07) is 5.87. The van der Waals surface area contributed by atoms with E-state index in [0.717, 1.165) is 38.5 Å². The fourth-order valence-corrected chi connectivity index (χ4v) is 5.82. The molecule has 0 aliphatic heterocycles. The summed E-state index contributed by atoms with van der Waals surface area (Å²) in [6.07, 6.45) is 11.8. The first-order valence-corrected chi connectivity index (χ1v) is 8.50. The molecule has 0 radical (unpaired) electrons. The van der Waals surface area contributed by atoms with Gasteiger partial charge in [-0.1, -0.05) is 18.9 Å². The lowest BCUT2D eigenvalue weighted by Gasteiger charge is -2.52. The minimum absolute atomic E-state index is 0.128. The standard InChI is InChI=1S/C20H24O2/c1-3-20(22)11-9-18-17-6-4-13-12-14(21)5-7-15(13)16(17)8-10-19(18,20)2/h1,5,7,12,16-18,21-22H,4,6,8-11H2,2H3/t16-,17-,18+,19-,20+/m1/s1. The van der Waals surface area contributed by atoms with Gasteiger partial charge in [0.05, 0.1) is 0 Å². The van der Waals surface area contributed by atoms with Crippen LogP contribution in [0.2, 0.25) is 0 Å². The number of hydrogen-bond acceptors (Lipinski definition) is 2. The molecule has 5 atom stereocenters. The van der Waals surface area contributed by atoms with Crippen molar-refractivity contribution >= 4 is 0 Å². The lowest BCUT2D eigenvalue weighted by atomic mass is 9.53. The monoisotopic (exact) mass is 296 g/mol. The van der Waals surface area contributed by atoms with Crippen LogP contribution in [-0.2, 0) is 6.42 Å². The molecule has 2 nitrogen and oxygen atoms in total. The van der Waals surface area contributed by atoms with Crippen LogP contribution in [-0.4, -0.2) is 15.8 Å². The first kappa shape index (κ1) is 14.2. The van der Waals surface area contributed by atoms with Crippen molar-refractivity contribution in [3.8, 4) is 18.1 Å². The topological polar surface area (TPSA) is 40.5 Å². The number of rotatable bonds is 0. The van der Waals surface area contributed by atoms with E-state index in [4.69, 9.17) is 6.42 Å². The van der Waals surface area contributed by atoms with Gasteiger partial charge < -0.3 is 10.2 Å². The molecule has 1 aromatic rings. The van der Waals surface area contributed by atoms with Gasteiger partial charge in [0, 0.05) is 5.41 Å². The zero-order valence-electron chi connectivity index (χ0n) is 13.2. The van der Waals surface area contributed by atoms with Gasteiger partial charge in [-0.2, -0.15) is 0 Å². The summed E-state index contributed by atoms with van der Waals surface area (Å²) in [5, 5.41) is 20.6. The van der Waals surface area contributed by atoms with E-state index in [1.807, 2.05) is 12.1 Å². The molecule has 2 N–H and O–H groups in total. The van der Waals surface area contributed by atoms with E-state index in [-0.39, 0.29) is 5.41 Å². The number of aromatic hydroxyl groups is 1. The fraction of sp³-hybridized carbons (Fsp3) is 0.600. The van der Waals surface area contributed by atoms with Gasteiger partial charge in [-0.25, -0.2) is 0 Å². The molecule has 0 unspecified atom stereocenters. The second-order valence-corrected chi connectivity index (χ2v) is 7.80. The number of fused-ring (bicyclic) bond motifs is 5. The highest BCUT2D eigenvalue weighted by Crippen LogP contribution is 2.64. The molecule has 2 heteroatoms. The normalized spacial score (nSPS) is 42.9. The highest BCUT2D eigenvalue weighted by atomic mass is 16.3. The Bertz CT molecular complexity index is 658. The van der Waals surface area contributed by atoms with Crippen LogP contribution in [0.1, 0.15) is 56.1 Å². The summed E-state index contributed by atoms with van der Waals surface area (Å²) < 4.78 is 0. The van der Waals surface area contributed by atoms with Gasteiger partial charge in [0.2, 0.25) is 0 Å². The van der Waals surface area contributed by atoms with Crippen LogP contribution < -0.4 is 0 Å². The molecular formula is C20H24O2. The highest BCUT2D eigenvalue weighted by molar-refractivity contribution is 5.40. The molecule has 2 saturated carbocycles. The van der Waals surface area contributed by atoms with E-state index in [0.29, 0.717) is 23.5 Å². The van der Waals surface area contributed by atoms with Crippen molar-refractivity contribution in [3.05, 3.63) is 29.3 Å². The van der Waals surface area contributed by atoms with Gasteiger partial charge in [0.1, 0.15) is 11.4 Å². The van der Waals surface area contributed by atoms with Gasteiger partial charge in [0.25, 0.3) is 0 Å². The van der Waals surface area contributed by atoms with Gasteiger partial charge in [-0.15, -0.1) is 6.42 Å². The molecule has 0 spiro atoms. The Hall–Kier alpha value is -1.46. The third kappa shape index (κ3) is 1.66. The average Bonchev–Trinajstić information content (AvgIpc) is 2.79. The summed E-state index contributed by atoms with van der Waals surface area (Å²) in [5.74, 6) is 4.82. The number of phenolic OH excluding ortho intramolecular Hbond substituents is 1. The molecule has 0 bridgehead atoms. The zero-order chi connectivity index (χ0) is 15.5. The van der Waals surface area contributed by atoms with E-state index in [1.165, 1.54) is 11.1 Å². The Labute approximate surface area is 132 Å². The molecule has 0 heterocycles. The lowest BCUT2D eigenvalue weighted by Crippen LogP contribution is -2.50. The fourth-order valence-electron chi connectivity index (χ4n) is 5.82. The van der Waals surface area contributed by atoms with Crippen molar-refractivity contribution in [3.63, 3.8) is 0 Å². The van der Waals surface area contributed by atoms with E-state index >= 15 is 0 Å². The minimum Gasteiger partial charge on any atom is -0.508 e. The third-order valence-electron chi connectivity index (χ3n) is 7.10. The first-order chi connectivity index (χ1) is 10.5. The summed E-state index contributed by atoms with van der Waals surface area (Å²) in [6.45, 7) is 2.22. The maximum absolute atomic E-state index is 10.9. The summed E-state index contributed by atoms with van der Waals surface area (Å²) >= 11 is 0. The van der Waals surface area contributed by atoms with Crippen molar-refractivity contribution in [2.24, 2.45) is 17.3 Å². The van der Waals surface area contributed by atoms with Crippen molar-refractivity contribution in [1.29, 1.82) is 0 Å². The molecule has 0 aromatic heterocycles. The number of terminal acetylenes is 1. The van der Waals surface area contributed by atoms with Crippen LogP contribution >= 0.6 is 0 Å². The number of benzene rings is 1. The Morgan fingerprint density at radius 2 is 2.05 bits per heavy atom. The molecule has 0 amide bonds. The maximum Gasteiger partial charge on any atom is 0.130 e.